The van der Waals surface area contributed by atoms with Crippen LogP contribution in [-0.4, -0.2) is 46.4 Å². The highest BCUT2D eigenvalue weighted by atomic mass is 16.5. The van der Waals surface area contributed by atoms with E-state index in [1.165, 1.54) is 0 Å². The molecule has 3 aromatic heterocycles. The van der Waals surface area contributed by atoms with E-state index >= 15 is 0 Å². The van der Waals surface area contributed by atoms with Gasteiger partial charge in [0.15, 0.2) is 0 Å². The van der Waals surface area contributed by atoms with Crippen molar-refractivity contribution < 1.29 is 9.26 Å². The molecule has 0 spiro atoms. The van der Waals surface area contributed by atoms with Gasteiger partial charge in [0.25, 0.3) is 0 Å². The molecule has 0 bridgehead atoms. The molecule has 1 fully saturated rings. The lowest BCUT2D eigenvalue weighted by atomic mass is 10.1. The second-order valence-electron chi connectivity index (χ2n) is 7.56. The summed E-state index contributed by atoms with van der Waals surface area (Å²) in [4.78, 5) is 15.9. The zero-order valence-corrected chi connectivity index (χ0v) is 17.4. The number of para-hydroxylation sites is 1. The Morgan fingerprint density at radius 1 is 1.10 bits per heavy atom. The average molecular weight is 416 g/mol. The van der Waals surface area contributed by atoms with Crippen LogP contribution in [0.15, 0.2) is 59.4 Å². The van der Waals surface area contributed by atoms with Crippen LogP contribution in [-0.2, 0) is 11.3 Å². The molecule has 31 heavy (non-hydrogen) atoms. The summed E-state index contributed by atoms with van der Waals surface area (Å²) in [5.41, 5.74) is 2.97. The summed E-state index contributed by atoms with van der Waals surface area (Å²) < 4.78 is 11.0. The molecule has 1 aliphatic heterocycles. The number of morpholine rings is 1. The van der Waals surface area contributed by atoms with E-state index in [9.17, 15) is 0 Å². The quantitative estimate of drug-likeness (QED) is 0.512. The molecule has 1 aromatic carbocycles. The Kier molecular flexibility index (Phi) is 5.56. The van der Waals surface area contributed by atoms with Gasteiger partial charge in [-0.25, -0.2) is 4.98 Å². The van der Waals surface area contributed by atoms with Gasteiger partial charge in [0.05, 0.1) is 24.8 Å². The summed E-state index contributed by atoms with van der Waals surface area (Å²) in [6.45, 7) is 5.77. The van der Waals surface area contributed by atoms with Crippen molar-refractivity contribution in [3.05, 3.63) is 66.3 Å². The van der Waals surface area contributed by atoms with E-state index in [2.05, 4.69) is 43.5 Å². The van der Waals surface area contributed by atoms with E-state index in [0.29, 0.717) is 18.3 Å². The molecular weight excluding hydrogens is 392 g/mol. The van der Waals surface area contributed by atoms with Gasteiger partial charge in [-0.1, -0.05) is 23.4 Å². The summed E-state index contributed by atoms with van der Waals surface area (Å²) in [6.07, 6.45) is 3.44. The third-order valence-electron chi connectivity index (χ3n) is 5.42. The van der Waals surface area contributed by atoms with Crippen LogP contribution in [0.2, 0.25) is 0 Å². The van der Waals surface area contributed by atoms with Crippen LogP contribution in [0, 0.1) is 0 Å². The van der Waals surface area contributed by atoms with Gasteiger partial charge in [0.2, 0.25) is 11.7 Å². The first-order valence-electron chi connectivity index (χ1n) is 10.5. The summed E-state index contributed by atoms with van der Waals surface area (Å²) in [5, 5.41) is 8.73. The molecule has 1 unspecified atom stereocenters. The zero-order valence-electron chi connectivity index (χ0n) is 17.4. The molecule has 1 aliphatic rings. The van der Waals surface area contributed by atoms with Gasteiger partial charge >= 0.3 is 0 Å². The predicted molar refractivity (Wildman–Crippen MR) is 118 cm³/mol. The number of fused-ring (bicyclic) bond motifs is 1. The molecular formula is C23H24N6O2. The molecule has 4 aromatic rings. The number of benzene rings is 1. The van der Waals surface area contributed by atoms with Gasteiger partial charge in [-0.05, 0) is 31.2 Å². The zero-order chi connectivity index (χ0) is 21.0. The van der Waals surface area contributed by atoms with Crippen LogP contribution in [0.5, 0.6) is 0 Å². The average Bonchev–Trinajstić information content (AvgIpc) is 3.34. The number of hydrogen-bond donors (Lipinski definition) is 1. The smallest absolute Gasteiger partial charge is 0.243 e. The molecule has 0 amide bonds. The monoisotopic (exact) mass is 416 g/mol. The van der Waals surface area contributed by atoms with Gasteiger partial charge < -0.3 is 19.5 Å². The molecule has 5 rings (SSSR count). The van der Waals surface area contributed by atoms with E-state index < -0.39 is 0 Å². The van der Waals surface area contributed by atoms with Gasteiger partial charge in [0, 0.05) is 48.5 Å². The van der Waals surface area contributed by atoms with Gasteiger partial charge in [-0.3, -0.25) is 4.98 Å². The van der Waals surface area contributed by atoms with Crippen LogP contribution in [0.4, 0.5) is 5.82 Å². The Balaban J connectivity index is 1.36. The minimum absolute atomic E-state index is 0.109. The Morgan fingerprint density at radius 2 is 1.97 bits per heavy atom. The number of hydrogen-bond acceptors (Lipinski definition) is 8. The fourth-order valence-corrected chi connectivity index (χ4v) is 3.70. The second kappa shape index (κ2) is 8.79. The topological polar surface area (TPSA) is 89.2 Å². The minimum Gasteiger partial charge on any atom is -0.378 e. The van der Waals surface area contributed by atoms with E-state index in [1.807, 2.05) is 31.2 Å². The summed E-state index contributed by atoms with van der Waals surface area (Å²) >= 11 is 0. The van der Waals surface area contributed by atoms with Crippen molar-refractivity contribution >= 4 is 16.7 Å². The van der Waals surface area contributed by atoms with Crippen molar-refractivity contribution in [1.29, 1.82) is 0 Å². The number of nitrogens with zero attached hydrogens (tertiary/aromatic N) is 5. The number of anilines is 1. The number of nitrogens with one attached hydrogen (secondary N) is 1. The Hall–Kier alpha value is -3.36. The van der Waals surface area contributed by atoms with Gasteiger partial charge in [-0.15, -0.1) is 0 Å². The lowest BCUT2D eigenvalue weighted by Gasteiger charge is -2.30. The van der Waals surface area contributed by atoms with Crippen molar-refractivity contribution in [2.45, 2.75) is 19.5 Å². The van der Waals surface area contributed by atoms with Crippen LogP contribution < -0.4 is 10.2 Å². The highest BCUT2D eigenvalue weighted by Crippen LogP contribution is 2.25. The third-order valence-corrected chi connectivity index (χ3v) is 5.42. The van der Waals surface area contributed by atoms with Crippen LogP contribution in [0.25, 0.3) is 22.3 Å². The fraction of sp³-hybridized carbons (Fsp3) is 0.304. The Bertz CT molecular complexity index is 1160. The molecule has 158 valence electrons. The van der Waals surface area contributed by atoms with E-state index in [1.54, 1.807) is 12.4 Å². The lowest BCUT2D eigenvalue weighted by molar-refractivity contribution is 0.122. The number of rotatable bonds is 6. The van der Waals surface area contributed by atoms with Crippen LogP contribution >= 0.6 is 0 Å². The van der Waals surface area contributed by atoms with Crippen molar-refractivity contribution in [2.75, 3.05) is 31.2 Å². The maximum absolute atomic E-state index is 5.53. The molecule has 4 heterocycles. The lowest BCUT2D eigenvalue weighted by Crippen LogP contribution is -2.37. The molecule has 0 aliphatic carbocycles. The van der Waals surface area contributed by atoms with Crippen molar-refractivity contribution in [3.63, 3.8) is 0 Å². The molecule has 1 atom stereocenters. The van der Waals surface area contributed by atoms with E-state index in [4.69, 9.17) is 14.2 Å². The van der Waals surface area contributed by atoms with Crippen LogP contribution in [0.1, 0.15) is 24.4 Å². The number of ether oxygens (including phenoxy) is 1. The molecule has 8 nitrogen and oxygen atoms in total. The second-order valence-corrected chi connectivity index (χ2v) is 7.56. The highest BCUT2D eigenvalue weighted by Gasteiger charge is 2.19. The SMILES string of the molecule is CC(NCc1cc2ccccc2nc1N1CCOCC1)c1nc(-c2cccnc2)no1. The first-order chi connectivity index (χ1) is 15.3. The summed E-state index contributed by atoms with van der Waals surface area (Å²) in [6, 6.07) is 14.1. The van der Waals surface area contributed by atoms with Gasteiger partial charge in [-0.2, -0.15) is 4.98 Å². The summed E-state index contributed by atoms with van der Waals surface area (Å²) in [5.74, 6) is 2.09. The maximum atomic E-state index is 5.53. The normalized spacial score (nSPS) is 15.3. The number of pyridine rings is 2. The third kappa shape index (κ3) is 4.26. The van der Waals surface area contributed by atoms with Crippen molar-refractivity contribution in [2.24, 2.45) is 0 Å². The van der Waals surface area contributed by atoms with Crippen molar-refractivity contribution in [3.8, 4) is 11.4 Å². The first-order valence-corrected chi connectivity index (χ1v) is 10.5. The largest absolute Gasteiger partial charge is 0.378 e. The van der Waals surface area contributed by atoms with Gasteiger partial charge in [0.1, 0.15) is 5.82 Å². The molecule has 0 radical (unpaired) electrons. The van der Waals surface area contributed by atoms with E-state index in [-0.39, 0.29) is 6.04 Å². The molecule has 1 saturated heterocycles. The molecule has 1 N–H and O–H groups in total. The van der Waals surface area contributed by atoms with Crippen molar-refractivity contribution in [1.82, 2.24) is 25.4 Å². The molecule has 0 saturated carbocycles. The maximum Gasteiger partial charge on any atom is 0.243 e. The van der Waals surface area contributed by atoms with E-state index in [0.717, 1.165) is 54.2 Å². The Morgan fingerprint density at radius 3 is 2.81 bits per heavy atom. The molecule has 8 heteroatoms. The summed E-state index contributed by atoms with van der Waals surface area (Å²) in [7, 11) is 0. The Labute approximate surface area is 180 Å². The fourth-order valence-electron chi connectivity index (χ4n) is 3.70. The first kappa shape index (κ1) is 19.6. The predicted octanol–water partition coefficient (Wildman–Crippen LogP) is 3.37. The van der Waals surface area contributed by atoms with Crippen LogP contribution in [0.3, 0.4) is 0 Å². The minimum atomic E-state index is -0.109. The highest BCUT2D eigenvalue weighted by molar-refractivity contribution is 5.81. The standard InChI is InChI=1S/C23H24N6O2/c1-16(23-27-21(28-31-23)18-6-4-8-24-14-18)25-15-19-13-17-5-2-3-7-20(17)26-22(19)29-9-11-30-12-10-29/h2-8,13-14,16,25H,9-12,15H2,1H3. The number of aromatic nitrogens is 4.